The van der Waals surface area contributed by atoms with Gasteiger partial charge in [0.1, 0.15) is 12.4 Å². The van der Waals surface area contributed by atoms with Crippen LogP contribution in [0.4, 0.5) is 5.13 Å². The summed E-state index contributed by atoms with van der Waals surface area (Å²) in [5.41, 5.74) is 0. The molecule has 1 aliphatic heterocycles. The molecule has 0 aromatic carbocycles. The highest BCUT2D eigenvalue weighted by Crippen LogP contribution is 2.19. The second-order valence-electron chi connectivity index (χ2n) is 5.50. The van der Waals surface area contributed by atoms with Gasteiger partial charge in [0, 0.05) is 51.2 Å². The maximum absolute atomic E-state index is 5.27. The predicted octanol–water partition coefficient (Wildman–Crippen LogP) is 1.34. The van der Waals surface area contributed by atoms with Crippen molar-refractivity contribution in [1.82, 2.24) is 24.4 Å². The third-order valence-corrected chi connectivity index (χ3v) is 4.59. The fraction of sp³-hybridized carbons (Fsp3) is 0.714. The van der Waals surface area contributed by atoms with E-state index in [1.807, 2.05) is 0 Å². The Morgan fingerprint density at radius 2 is 2.09 bits per heavy atom. The largest absolute Gasteiger partial charge is 0.377 e. The second kappa shape index (κ2) is 7.80. The number of anilines is 1. The lowest BCUT2D eigenvalue weighted by Gasteiger charge is -2.19. The Kier molecular flexibility index (Phi) is 5.52. The zero-order valence-electron chi connectivity index (χ0n) is 13.6. The van der Waals surface area contributed by atoms with Crippen LogP contribution in [0.5, 0.6) is 0 Å². The minimum absolute atomic E-state index is 0.383. The molecule has 0 aliphatic carbocycles. The Bertz CT molecular complexity index is 616. The normalized spacial score (nSPS) is 16.7. The Balaban J connectivity index is 1.55. The number of ether oxygens (including phenoxy) is 1. The molecule has 23 heavy (non-hydrogen) atoms. The van der Waals surface area contributed by atoms with E-state index in [1.54, 1.807) is 7.11 Å². The average Bonchev–Trinajstić information content (AvgIpc) is 3.14. The number of aryl methyl sites for hydroxylation is 1. The Labute approximate surface area is 139 Å². The first kappa shape index (κ1) is 16.3. The first-order valence-electron chi connectivity index (χ1n) is 7.88. The van der Waals surface area contributed by atoms with E-state index in [1.165, 1.54) is 11.5 Å². The summed E-state index contributed by atoms with van der Waals surface area (Å²) in [4.78, 5) is 13.6. The van der Waals surface area contributed by atoms with Crippen LogP contribution in [0.3, 0.4) is 0 Å². The fourth-order valence-electron chi connectivity index (χ4n) is 2.57. The molecule has 1 fully saturated rings. The van der Waals surface area contributed by atoms with Crippen LogP contribution in [0.1, 0.15) is 30.9 Å². The molecule has 0 spiro atoms. The van der Waals surface area contributed by atoms with Gasteiger partial charge >= 0.3 is 0 Å². The minimum atomic E-state index is 0.383. The van der Waals surface area contributed by atoms with Crippen molar-refractivity contribution < 1.29 is 9.26 Å². The third kappa shape index (κ3) is 4.24. The summed E-state index contributed by atoms with van der Waals surface area (Å²) in [7, 11) is 1.62. The molecule has 8 nitrogen and oxygen atoms in total. The van der Waals surface area contributed by atoms with Crippen molar-refractivity contribution in [2.24, 2.45) is 0 Å². The summed E-state index contributed by atoms with van der Waals surface area (Å²) in [6.07, 6.45) is 1.97. The van der Waals surface area contributed by atoms with Crippen LogP contribution >= 0.6 is 11.5 Å². The van der Waals surface area contributed by atoms with Gasteiger partial charge in [0.15, 0.2) is 5.82 Å². The molecule has 0 unspecified atom stereocenters. The summed E-state index contributed by atoms with van der Waals surface area (Å²) in [6.45, 7) is 7.05. The molecule has 126 valence electrons. The molecule has 2 aromatic rings. The number of methoxy groups -OCH3 is 1. The molecule has 0 saturated carbocycles. The van der Waals surface area contributed by atoms with Crippen molar-refractivity contribution in [3.63, 3.8) is 0 Å². The maximum Gasteiger partial charge on any atom is 0.240 e. The van der Waals surface area contributed by atoms with E-state index in [4.69, 9.17) is 9.26 Å². The minimum Gasteiger partial charge on any atom is -0.377 e. The van der Waals surface area contributed by atoms with Crippen molar-refractivity contribution >= 4 is 16.7 Å². The lowest BCUT2D eigenvalue weighted by Crippen LogP contribution is -2.30. The monoisotopic (exact) mass is 338 g/mol. The molecule has 0 atom stereocenters. The fourth-order valence-corrected chi connectivity index (χ4v) is 3.37. The second-order valence-corrected chi connectivity index (χ2v) is 6.23. The van der Waals surface area contributed by atoms with Gasteiger partial charge in [-0.15, -0.1) is 0 Å². The van der Waals surface area contributed by atoms with E-state index in [-0.39, 0.29) is 0 Å². The third-order valence-electron chi connectivity index (χ3n) is 3.78. The standard InChI is InChI=1S/C14H22N6O2S/c1-3-11-16-14(23-18-11)20-6-4-5-19(7-8-20)9-13-15-12(10-21-2)17-22-13/h3-10H2,1-2H3. The Morgan fingerprint density at radius 1 is 1.17 bits per heavy atom. The van der Waals surface area contributed by atoms with E-state index in [2.05, 4.69) is 36.2 Å². The summed E-state index contributed by atoms with van der Waals surface area (Å²) >= 11 is 1.50. The molecule has 1 saturated heterocycles. The molecular weight excluding hydrogens is 316 g/mol. The van der Waals surface area contributed by atoms with E-state index >= 15 is 0 Å². The van der Waals surface area contributed by atoms with Crippen molar-refractivity contribution in [2.45, 2.75) is 32.9 Å². The molecule has 3 rings (SSSR count). The van der Waals surface area contributed by atoms with Crippen molar-refractivity contribution in [3.05, 3.63) is 17.5 Å². The lowest BCUT2D eigenvalue weighted by atomic mass is 10.4. The SMILES string of the molecule is CCc1nsc(N2CCCN(Cc3nc(COC)no3)CC2)n1. The van der Waals surface area contributed by atoms with E-state index in [9.17, 15) is 0 Å². The van der Waals surface area contributed by atoms with Crippen LogP contribution in [0, 0.1) is 0 Å². The van der Waals surface area contributed by atoms with E-state index in [0.29, 0.717) is 24.9 Å². The number of aromatic nitrogens is 4. The molecule has 0 N–H and O–H groups in total. The van der Waals surface area contributed by atoms with Crippen LogP contribution in [-0.4, -0.2) is 57.7 Å². The highest BCUT2D eigenvalue weighted by Gasteiger charge is 2.19. The average molecular weight is 338 g/mol. The first-order valence-corrected chi connectivity index (χ1v) is 8.66. The topological polar surface area (TPSA) is 80.4 Å². The molecule has 3 heterocycles. The summed E-state index contributed by atoms with van der Waals surface area (Å²) in [6, 6.07) is 0. The van der Waals surface area contributed by atoms with Gasteiger partial charge in [-0.1, -0.05) is 12.1 Å². The van der Waals surface area contributed by atoms with Crippen LogP contribution in [0.25, 0.3) is 0 Å². The van der Waals surface area contributed by atoms with Crippen LogP contribution in [0.15, 0.2) is 4.52 Å². The predicted molar refractivity (Wildman–Crippen MR) is 86.4 cm³/mol. The lowest BCUT2D eigenvalue weighted by molar-refractivity contribution is 0.174. The number of rotatable bonds is 6. The van der Waals surface area contributed by atoms with Crippen LogP contribution in [0.2, 0.25) is 0 Å². The van der Waals surface area contributed by atoms with Gasteiger partial charge < -0.3 is 14.2 Å². The highest BCUT2D eigenvalue weighted by atomic mass is 32.1. The van der Waals surface area contributed by atoms with E-state index in [0.717, 1.165) is 50.0 Å². The number of hydrogen-bond acceptors (Lipinski definition) is 9. The number of nitrogens with zero attached hydrogens (tertiary/aromatic N) is 6. The van der Waals surface area contributed by atoms with Gasteiger partial charge in [-0.05, 0) is 6.42 Å². The quantitative estimate of drug-likeness (QED) is 0.781. The number of hydrogen-bond donors (Lipinski definition) is 0. The molecule has 0 radical (unpaired) electrons. The van der Waals surface area contributed by atoms with Gasteiger partial charge in [0.05, 0.1) is 6.54 Å². The maximum atomic E-state index is 5.27. The first-order chi connectivity index (χ1) is 11.3. The van der Waals surface area contributed by atoms with Gasteiger partial charge in [-0.25, -0.2) is 4.98 Å². The van der Waals surface area contributed by atoms with Crippen molar-refractivity contribution in [2.75, 3.05) is 38.2 Å². The van der Waals surface area contributed by atoms with Gasteiger partial charge in [-0.2, -0.15) is 9.36 Å². The summed E-state index contributed by atoms with van der Waals surface area (Å²) in [5, 5.41) is 4.94. The molecule has 9 heteroatoms. The van der Waals surface area contributed by atoms with Gasteiger partial charge in [0.2, 0.25) is 11.0 Å². The zero-order chi connectivity index (χ0) is 16.1. The Hall–Kier alpha value is -1.58. The highest BCUT2D eigenvalue weighted by molar-refractivity contribution is 7.09. The summed E-state index contributed by atoms with van der Waals surface area (Å²) < 4.78 is 14.7. The van der Waals surface area contributed by atoms with Gasteiger partial charge in [0.25, 0.3) is 0 Å². The molecule has 2 aromatic heterocycles. The van der Waals surface area contributed by atoms with E-state index < -0.39 is 0 Å². The van der Waals surface area contributed by atoms with Gasteiger partial charge in [-0.3, -0.25) is 4.90 Å². The molecule has 0 amide bonds. The summed E-state index contributed by atoms with van der Waals surface area (Å²) in [5.74, 6) is 2.18. The smallest absolute Gasteiger partial charge is 0.240 e. The molecule has 0 bridgehead atoms. The molecular formula is C14H22N6O2S. The zero-order valence-corrected chi connectivity index (χ0v) is 14.4. The molecule has 1 aliphatic rings. The van der Waals surface area contributed by atoms with Crippen molar-refractivity contribution in [3.8, 4) is 0 Å². The Morgan fingerprint density at radius 3 is 2.87 bits per heavy atom. The van der Waals surface area contributed by atoms with Crippen molar-refractivity contribution in [1.29, 1.82) is 0 Å². The van der Waals surface area contributed by atoms with Crippen LogP contribution < -0.4 is 4.90 Å². The van der Waals surface area contributed by atoms with Crippen LogP contribution in [-0.2, 0) is 24.3 Å².